The van der Waals surface area contributed by atoms with Gasteiger partial charge in [0.1, 0.15) is 12.3 Å². The first kappa shape index (κ1) is 25.7. The number of ether oxygens (including phenoxy) is 1. The molecule has 8 nitrogen and oxygen atoms in total. The number of hydrogen-bond donors (Lipinski definition) is 3. The Morgan fingerprint density at radius 1 is 1.00 bits per heavy atom. The summed E-state index contributed by atoms with van der Waals surface area (Å²) in [6.45, 7) is -0.285. The molecule has 2 aromatic heterocycles. The molecule has 4 aromatic rings. The van der Waals surface area contributed by atoms with Crippen molar-refractivity contribution in [1.82, 2.24) is 14.9 Å². The van der Waals surface area contributed by atoms with Crippen LogP contribution in [0, 0.1) is 0 Å². The maximum absolute atomic E-state index is 13.2. The van der Waals surface area contributed by atoms with E-state index in [0.29, 0.717) is 16.6 Å². The Bertz CT molecular complexity index is 1460. The number of nitrogens with one attached hydrogen (secondary N) is 2. The number of anilines is 1. The van der Waals surface area contributed by atoms with Gasteiger partial charge in [0.2, 0.25) is 5.88 Å². The zero-order chi connectivity index (χ0) is 26.4. The highest BCUT2D eigenvalue weighted by molar-refractivity contribution is 6.00. The van der Waals surface area contributed by atoms with Crippen molar-refractivity contribution < 1.29 is 27.8 Å². The van der Waals surface area contributed by atoms with E-state index in [0.717, 1.165) is 11.6 Å². The number of aliphatic hydroxyl groups is 1. The zero-order valence-electron chi connectivity index (χ0n) is 19.5. The van der Waals surface area contributed by atoms with Crippen molar-refractivity contribution in [2.45, 2.75) is 25.9 Å². The predicted molar refractivity (Wildman–Crippen MR) is 131 cm³/mol. The number of carbonyl (C=O) groups is 1. The van der Waals surface area contributed by atoms with Crippen molar-refractivity contribution in [2.24, 2.45) is 0 Å². The molecule has 2 amide bonds. The van der Waals surface area contributed by atoms with Crippen molar-refractivity contribution in [3.8, 4) is 5.88 Å². The first-order valence-electron chi connectivity index (χ1n) is 11.3. The molecule has 192 valence electrons. The fourth-order valence-corrected chi connectivity index (χ4v) is 3.72. The molecule has 0 aliphatic carbocycles. The van der Waals surface area contributed by atoms with Gasteiger partial charge in [-0.2, -0.15) is 13.2 Å². The summed E-state index contributed by atoms with van der Waals surface area (Å²) in [6.07, 6.45) is -4.65. The minimum Gasteiger partial charge on any atom is -0.473 e. The van der Waals surface area contributed by atoms with Gasteiger partial charge < -0.3 is 25.0 Å². The Hall–Kier alpha value is -4.38. The van der Waals surface area contributed by atoms with E-state index >= 15 is 0 Å². The van der Waals surface area contributed by atoms with Crippen LogP contribution in [-0.4, -0.2) is 27.3 Å². The number of hydrogen-bond acceptors (Lipinski definition) is 5. The van der Waals surface area contributed by atoms with Crippen molar-refractivity contribution >= 4 is 22.6 Å². The Morgan fingerprint density at radius 2 is 1.78 bits per heavy atom. The van der Waals surface area contributed by atoms with E-state index in [-0.39, 0.29) is 43.3 Å². The number of urea groups is 1. The quantitative estimate of drug-likeness (QED) is 0.326. The highest BCUT2D eigenvalue weighted by atomic mass is 19.4. The van der Waals surface area contributed by atoms with Crippen LogP contribution in [0.25, 0.3) is 10.9 Å². The van der Waals surface area contributed by atoms with Crippen LogP contribution >= 0.6 is 0 Å². The molecule has 0 fully saturated rings. The number of aromatic nitrogens is 2. The van der Waals surface area contributed by atoms with Crippen LogP contribution in [0.3, 0.4) is 0 Å². The maximum Gasteiger partial charge on any atom is 0.433 e. The van der Waals surface area contributed by atoms with E-state index < -0.39 is 17.9 Å². The number of aliphatic hydroxyl groups excluding tert-OH is 1. The Morgan fingerprint density at radius 3 is 2.51 bits per heavy atom. The molecule has 2 heterocycles. The molecule has 3 N–H and O–H groups in total. The van der Waals surface area contributed by atoms with E-state index in [1.165, 1.54) is 16.7 Å². The molecule has 0 aliphatic heterocycles. The number of halogens is 3. The van der Waals surface area contributed by atoms with Gasteiger partial charge >= 0.3 is 12.2 Å². The van der Waals surface area contributed by atoms with E-state index in [2.05, 4.69) is 15.6 Å². The molecule has 0 saturated heterocycles. The van der Waals surface area contributed by atoms with Crippen molar-refractivity contribution in [3.63, 3.8) is 0 Å². The van der Waals surface area contributed by atoms with Crippen LogP contribution in [0.4, 0.5) is 23.7 Å². The lowest BCUT2D eigenvalue weighted by Crippen LogP contribution is -2.29. The summed E-state index contributed by atoms with van der Waals surface area (Å²) in [5.41, 5.74) is 0.549. The van der Waals surface area contributed by atoms with Crippen LogP contribution in [0.2, 0.25) is 0 Å². The lowest BCUT2D eigenvalue weighted by atomic mass is 10.1. The van der Waals surface area contributed by atoms with Gasteiger partial charge in [-0.05, 0) is 35.9 Å². The number of pyridine rings is 2. The van der Waals surface area contributed by atoms with Crippen molar-refractivity contribution in [3.05, 3.63) is 100.0 Å². The molecule has 0 saturated carbocycles. The van der Waals surface area contributed by atoms with Gasteiger partial charge in [0.15, 0.2) is 0 Å². The van der Waals surface area contributed by atoms with Crippen LogP contribution < -0.4 is 20.9 Å². The number of amides is 2. The lowest BCUT2D eigenvalue weighted by Gasteiger charge is -2.15. The molecule has 0 unspecified atom stereocenters. The largest absolute Gasteiger partial charge is 0.473 e. The first-order valence-corrected chi connectivity index (χ1v) is 11.3. The van der Waals surface area contributed by atoms with Gasteiger partial charge in [0.05, 0.1) is 17.8 Å². The average Bonchev–Trinajstić information content (AvgIpc) is 2.88. The Kier molecular flexibility index (Phi) is 7.73. The van der Waals surface area contributed by atoms with Gasteiger partial charge in [-0.15, -0.1) is 0 Å². The van der Waals surface area contributed by atoms with Crippen molar-refractivity contribution in [1.29, 1.82) is 0 Å². The normalized spacial score (nSPS) is 11.4. The molecule has 0 aliphatic rings. The SMILES string of the molecule is O=C(NCc1ccc(C(F)(F)F)nc1OCc1ccccc1)Nc1cccc2c1ccc(=O)n2CCO. The minimum absolute atomic E-state index is 0.000105. The molecular formula is C26H23F3N4O4. The summed E-state index contributed by atoms with van der Waals surface area (Å²) in [5, 5.41) is 15.1. The second-order valence-electron chi connectivity index (χ2n) is 8.03. The average molecular weight is 512 g/mol. The minimum atomic E-state index is -4.65. The molecule has 0 spiro atoms. The van der Waals surface area contributed by atoms with Crippen molar-refractivity contribution in [2.75, 3.05) is 11.9 Å². The monoisotopic (exact) mass is 512 g/mol. The standard InChI is InChI=1S/C26H23F3N4O4/c27-26(28,29)22-11-9-18(24(32-22)37-16-17-5-2-1-3-6-17)15-30-25(36)31-20-7-4-8-21-19(20)10-12-23(35)33(21)13-14-34/h1-12,34H,13-16H2,(H2,30,31,36). The third-order valence-corrected chi connectivity index (χ3v) is 5.49. The van der Waals surface area contributed by atoms with E-state index in [1.807, 2.05) is 6.07 Å². The van der Waals surface area contributed by atoms with Gasteiger partial charge in [-0.25, -0.2) is 9.78 Å². The molecule has 0 atom stereocenters. The van der Waals surface area contributed by atoms with Crippen LogP contribution in [0.15, 0.2) is 77.6 Å². The molecule has 0 radical (unpaired) electrons. The summed E-state index contributed by atoms with van der Waals surface area (Å²) < 4.78 is 46.6. The molecule has 2 aromatic carbocycles. The van der Waals surface area contributed by atoms with Crippen LogP contribution in [0.5, 0.6) is 5.88 Å². The van der Waals surface area contributed by atoms with Gasteiger partial charge in [0.25, 0.3) is 5.56 Å². The molecule has 0 bridgehead atoms. The van der Waals surface area contributed by atoms with E-state index in [9.17, 15) is 27.9 Å². The lowest BCUT2D eigenvalue weighted by molar-refractivity contribution is -0.141. The van der Waals surface area contributed by atoms with E-state index in [1.54, 1.807) is 48.5 Å². The summed E-state index contributed by atoms with van der Waals surface area (Å²) >= 11 is 0. The second kappa shape index (κ2) is 11.1. The topological polar surface area (TPSA) is 105 Å². The molecule has 4 rings (SSSR count). The number of fused-ring (bicyclic) bond motifs is 1. The fourth-order valence-electron chi connectivity index (χ4n) is 3.72. The fraction of sp³-hybridized carbons (Fsp3) is 0.192. The maximum atomic E-state index is 13.2. The Labute approximate surface area is 209 Å². The highest BCUT2D eigenvalue weighted by Gasteiger charge is 2.33. The van der Waals surface area contributed by atoms with Gasteiger partial charge in [0, 0.05) is 30.1 Å². The van der Waals surface area contributed by atoms with Gasteiger partial charge in [-0.1, -0.05) is 36.4 Å². The van der Waals surface area contributed by atoms with Gasteiger partial charge in [-0.3, -0.25) is 4.79 Å². The third kappa shape index (κ3) is 6.25. The summed E-state index contributed by atoms with van der Waals surface area (Å²) in [7, 11) is 0. The molecule has 37 heavy (non-hydrogen) atoms. The third-order valence-electron chi connectivity index (χ3n) is 5.49. The number of rotatable bonds is 8. The number of benzene rings is 2. The van der Waals surface area contributed by atoms with Crippen LogP contribution in [0.1, 0.15) is 16.8 Å². The first-order chi connectivity index (χ1) is 17.8. The molecular weight excluding hydrogens is 489 g/mol. The smallest absolute Gasteiger partial charge is 0.433 e. The van der Waals surface area contributed by atoms with E-state index in [4.69, 9.17) is 4.74 Å². The highest BCUT2D eigenvalue weighted by Crippen LogP contribution is 2.30. The van der Waals surface area contributed by atoms with Crippen LogP contribution in [-0.2, 0) is 25.9 Å². The summed E-state index contributed by atoms with van der Waals surface area (Å²) in [6, 6.07) is 18.2. The Balaban J connectivity index is 1.51. The summed E-state index contributed by atoms with van der Waals surface area (Å²) in [4.78, 5) is 28.4. The number of alkyl halides is 3. The summed E-state index contributed by atoms with van der Waals surface area (Å²) in [5.74, 6) is -0.239. The number of nitrogens with zero attached hydrogens (tertiary/aromatic N) is 2. The number of carbonyl (C=O) groups excluding carboxylic acids is 1. The second-order valence-corrected chi connectivity index (χ2v) is 8.03. The zero-order valence-corrected chi connectivity index (χ0v) is 19.5. The molecule has 11 heteroatoms. The predicted octanol–water partition coefficient (Wildman–Crippen LogP) is 4.31.